The molecule has 0 N–H and O–H groups in total. The fourth-order valence-corrected chi connectivity index (χ4v) is 1.67. The fraction of sp³-hybridized carbons (Fsp3) is 0.133. The van der Waals surface area contributed by atoms with Crippen molar-refractivity contribution < 1.29 is 4.92 Å². The molecule has 0 atom stereocenters. The van der Waals surface area contributed by atoms with Gasteiger partial charge in [-0.1, -0.05) is 12.1 Å². The molecule has 0 saturated heterocycles. The van der Waals surface area contributed by atoms with E-state index in [1.807, 2.05) is 43.3 Å². The van der Waals surface area contributed by atoms with Gasteiger partial charge in [0.15, 0.2) is 0 Å². The average Bonchev–Trinajstić information content (AvgIpc) is 2.46. The first-order valence-corrected chi connectivity index (χ1v) is 6.12. The van der Waals surface area contributed by atoms with Gasteiger partial charge in [-0.3, -0.25) is 15.1 Å². The number of nitrogens with zero attached hydrogens (tertiary/aromatic N) is 3. The van der Waals surface area contributed by atoms with E-state index in [4.69, 9.17) is 0 Å². The van der Waals surface area contributed by atoms with Crippen LogP contribution in [0.4, 0.5) is 17.1 Å². The molecule has 5 nitrogen and oxygen atoms in total. The van der Waals surface area contributed by atoms with Crippen molar-refractivity contribution in [3.05, 3.63) is 64.2 Å². The molecular formula is C15H15N3O2. The number of hydrogen-bond donors (Lipinski definition) is 0. The summed E-state index contributed by atoms with van der Waals surface area (Å²) in [5.41, 5.74) is 2.86. The zero-order valence-electron chi connectivity index (χ0n) is 11.4. The van der Waals surface area contributed by atoms with E-state index >= 15 is 0 Å². The number of nitro groups is 1. The third kappa shape index (κ3) is 3.41. The molecule has 0 heterocycles. The predicted molar refractivity (Wildman–Crippen MR) is 81.1 cm³/mol. The Morgan fingerprint density at radius 1 is 1.05 bits per heavy atom. The van der Waals surface area contributed by atoms with Gasteiger partial charge in [0.1, 0.15) is 0 Å². The van der Waals surface area contributed by atoms with Crippen molar-refractivity contribution in [3.8, 4) is 0 Å². The quantitative estimate of drug-likeness (QED) is 0.485. The van der Waals surface area contributed by atoms with Gasteiger partial charge in [0.2, 0.25) is 0 Å². The van der Waals surface area contributed by atoms with Gasteiger partial charge in [0.25, 0.3) is 5.69 Å². The smallest absolute Gasteiger partial charge is 0.269 e. The molecule has 0 spiro atoms. The minimum Gasteiger partial charge on any atom is -0.378 e. The van der Waals surface area contributed by atoms with Gasteiger partial charge < -0.3 is 4.90 Å². The lowest BCUT2D eigenvalue weighted by Crippen LogP contribution is -2.08. The minimum atomic E-state index is -0.423. The average molecular weight is 269 g/mol. The van der Waals surface area contributed by atoms with Crippen LogP contribution < -0.4 is 4.90 Å². The number of nitro benzene ring substituents is 1. The number of aliphatic imine (C=N–C) groups is 1. The molecule has 5 heteroatoms. The van der Waals surface area contributed by atoms with E-state index in [1.165, 1.54) is 12.1 Å². The molecule has 20 heavy (non-hydrogen) atoms. The third-order valence-electron chi connectivity index (χ3n) is 2.83. The van der Waals surface area contributed by atoms with Gasteiger partial charge in [0.05, 0.1) is 10.6 Å². The van der Waals surface area contributed by atoms with Crippen LogP contribution >= 0.6 is 0 Å². The molecule has 0 aliphatic carbocycles. The molecule has 0 radical (unpaired) electrons. The van der Waals surface area contributed by atoms with Crippen molar-refractivity contribution in [1.82, 2.24) is 0 Å². The van der Waals surface area contributed by atoms with E-state index in [-0.39, 0.29) is 5.69 Å². The molecule has 0 saturated carbocycles. The van der Waals surface area contributed by atoms with Gasteiger partial charge in [-0.05, 0) is 29.8 Å². The number of anilines is 1. The highest BCUT2D eigenvalue weighted by Crippen LogP contribution is 2.18. The van der Waals surface area contributed by atoms with E-state index in [0.29, 0.717) is 5.69 Å². The Kier molecular flexibility index (Phi) is 4.10. The normalized spacial score (nSPS) is 10.7. The van der Waals surface area contributed by atoms with Crippen LogP contribution in [0.25, 0.3) is 0 Å². The molecule has 0 bridgehead atoms. The monoisotopic (exact) mass is 269 g/mol. The lowest BCUT2D eigenvalue weighted by atomic mass is 10.2. The van der Waals surface area contributed by atoms with Gasteiger partial charge >= 0.3 is 0 Å². The molecule has 0 fully saturated rings. The van der Waals surface area contributed by atoms with Gasteiger partial charge in [-0.25, -0.2) is 0 Å². The maximum absolute atomic E-state index is 10.5. The molecule has 102 valence electrons. The summed E-state index contributed by atoms with van der Waals surface area (Å²) in [6.07, 6.45) is 1.74. The summed E-state index contributed by atoms with van der Waals surface area (Å²) in [4.78, 5) is 16.4. The minimum absolute atomic E-state index is 0.0688. The van der Waals surface area contributed by atoms with Crippen molar-refractivity contribution in [3.63, 3.8) is 0 Å². The zero-order valence-corrected chi connectivity index (χ0v) is 11.4. The highest BCUT2D eigenvalue weighted by Gasteiger charge is 2.02. The first-order chi connectivity index (χ1) is 9.56. The Balaban J connectivity index is 2.10. The molecule has 0 aromatic heterocycles. The summed E-state index contributed by atoms with van der Waals surface area (Å²) in [7, 11) is 3.97. The molecular weight excluding hydrogens is 254 g/mol. The number of benzene rings is 2. The first kappa shape index (κ1) is 13.7. The van der Waals surface area contributed by atoms with Crippen molar-refractivity contribution in [1.29, 1.82) is 0 Å². The number of non-ortho nitro benzene ring substituents is 1. The summed E-state index contributed by atoms with van der Waals surface area (Å²) in [5.74, 6) is 0. The third-order valence-corrected chi connectivity index (χ3v) is 2.83. The lowest BCUT2D eigenvalue weighted by molar-refractivity contribution is -0.384. The SMILES string of the molecule is CN(C)c1ccc(/C=N/c2ccc([N+](=O)[O-])cc2)cc1. The summed E-state index contributed by atoms with van der Waals surface area (Å²) in [6, 6.07) is 14.1. The summed E-state index contributed by atoms with van der Waals surface area (Å²) >= 11 is 0. The fourth-order valence-electron chi connectivity index (χ4n) is 1.67. The highest BCUT2D eigenvalue weighted by molar-refractivity contribution is 5.82. The van der Waals surface area contributed by atoms with Crippen molar-refractivity contribution in [2.75, 3.05) is 19.0 Å². The first-order valence-electron chi connectivity index (χ1n) is 6.12. The van der Waals surface area contributed by atoms with Crippen LogP contribution in [0.2, 0.25) is 0 Å². The van der Waals surface area contributed by atoms with Crippen LogP contribution in [0.5, 0.6) is 0 Å². The van der Waals surface area contributed by atoms with Gasteiger partial charge in [-0.15, -0.1) is 0 Å². The van der Waals surface area contributed by atoms with Crippen LogP contribution in [0, 0.1) is 10.1 Å². The molecule has 0 aliphatic rings. The van der Waals surface area contributed by atoms with E-state index < -0.39 is 4.92 Å². The maximum atomic E-state index is 10.5. The zero-order chi connectivity index (χ0) is 14.5. The molecule has 2 aromatic rings. The molecule has 0 aliphatic heterocycles. The van der Waals surface area contributed by atoms with Crippen LogP contribution in [-0.4, -0.2) is 25.2 Å². The number of hydrogen-bond acceptors (Lipinski definition) is 4. The Morgan fingerprint density at radius 3 is 2.15 bits per heavy atom. The van der Waals surface area contributed by atoms with E-state index in [2.05, 4.69) is 4.99 Å². The van der Waals surface area contributed by atoms with E-state index in [9.17, 15) is 10.1 Å². The molecule has 0 unspecified atom stereocenters. The van der Waals surface area contributed by atoms with E-state index in [1.54, 1.807) is 18.3 Å². The van der Waals surface area contributed by atoms with Gasteiger partial charge in [0, 0.05) is 38.1 Å². The second-order valence-corrected chi connectivity index (χ2v) is 4.52. The van der Waals surface area contributed by atoms with Crippen molar-refractivity contribution in [2.45, 2.75) is 0 Å². The van der Waals surface area contributed by atoms with Crippen molar-refractivity contribution >= 4 is 23.3 Å². The summed E-state index contributed by atoms with van der Waals surface area (Å²) in [6.45, 7) is 0. The Labute approximate surface area is 117 Å². The predicted octanol–water partition coefficient (Wildman–Crippen LogP) is 3.41. The highest BCUT2D eigenvalue weighted by atomic mass is 16.6. The Bertz CT molecular complexity index is 617. The summed E-state index contributed by atoms with van der Waals surface area (Å²) in [5, 5.41) is 10.5. The largest absolute Gasteiger partial charge is 0.378 e. The van der Waals surface area contributed by atoms with Crippen molar-refractivity contribution in [2.24, 2.45) is 4.99 Å². The van der Waals surface area contributed by atoms with Crippen LogP contribution in [0.15, 0.2) is 53.5 Å². The number of rotatable bonds is 4. The van der Waals surface area contributed by atoms with Gasteiger partial charge in [-0.2, -0.15) is 0 Å². The lowest BCUT2D eigenvalue weighted by Gasteiger charge is -2.11. The van der Waals surface area contributed by atoms with Crippen LogP contribution in [0.1, 0.15) is 5.56 Å². The Morgan fingerprint density at radius 2 is 1.65 bits per heavy atom. The standard InChI is InChI=1S/C15H15N3O2/c1-17(2)14-7-3-12(4-8-14)11-16-13-5-9-15(10-6-13)18(19)20/h3-11H,1-2H3/b16-11+. The molecule has 2 rings (SSSR count). The van der Waals surface area contributed by atoms with Crippen LogP contribution in [0.3, 0.4) is 0 Å². The summed E-state index contributed by atoms with van der Waals surface area (Å²) < 4.78 is 0. The molecule has 2 aromatic carbocycles. The second-order valence-electron chi connectivity index (χ2n) is 4.52. The van der Waals surface area contributed by atoms with Crippen LogP contribution in [-0.2, 0) is 0 Å². The topological polar surface area (TPSA) is 58.7 Å². The maximum Gasteiger partial charge on any atom is 0.269 e. The van der Waals surface area contributed by atoms with E-state index in [0.717, 1.165) is 11.3 Å². The second kappa shape index (κ2) is 5.97. The molecule has 0 amide bonds. The Hall–Kier alpha value is -2.69.